The Labute approximate surface area is 174 Å². The third kappa shape index (κ3) is 4.37. The molecule has 0 saturated heterocycles. The van der Waals surface area contributed by atoms with Crippen LogP contribution >= 0.6 is 0 Å². The standard InChI is InChI=1S/C21H14FN5O4/c22-15-4-3-5-16(11-15)31-20-7-2-1-6-17(20)25-21(28)14-8-9-18(19(10-14)27(29)30)26-13-23-12-24-26/h1-13H,(H,25,28). The van der Waals surface area contributed by atoms with Crippen LogP contribution in [0.5, 0.6) is 11.5 Å². The number of carbonyl (C=O) groups excluding carboxylic acids is 1. The number of carbonyl (C=O) groups is 1. The lowest BCUT2D eigenvalue weighted by Gasteiger charge is -2.12. The Morgan fingerprint density at radius 1 is 1.10 bits per heavy atom. The van der Waals surface area contributed by atoms with Crippen LogP contribution in [0.1, 0.15) is 10.4 Å². The maximum Gasteiger partial charge on any atom is 0.295 e. The molecule has 4 aromatic rings. The summed E-state index contributed by atoms with van der Waals surface area (Å²) in [5.74, 6) is -0.493. The molecule has 1 N–H and O–H groups in total. The van der Waals surface area contributed by atoms with E-state index < -0.39 is 16.6 Å². The SMILES string of the molecule is O=C(Nc1ccccc1Oc1cccc(F)c1)c1ccc(-n2cncn2)c([N+](=O)[O-])c1. The van der Waals surface area contributed by atoms with Crippen molar-refractivity contribution in [2.45, 2.75) is 0 Å². The van der Waals surface area contributed by atoms with E-state index in [1.54, 1.807) is 30.3 Å². The molecular formula is C21H14FN5O4. The van der Waals surface area contributed by atoms with Gasteiger partial charge < -0.3 is 10.1 Å². The molecule has 0 aliphatic heterocycles. The first-order valence-corrected chi connectivity index (χ1v) is 8.98. The van der Waals surface area contributed by atoms with Crippen LogP contribution in [0.4, 0.5) is 15.8 Å². The number of ether oxygens (including phenoxy) is 1. The van der Waals surface area contributed by atoms with Crippen LogP contribution < -0.4 is 10.1 Å². The first-order chi connectivity index (χ1) is 15.0. The van der Waals surface area contributed by atoms with Gasteiger partial charge in [0, 0.05) is 17.7 Å². The van der Waals surface area contributed by atoms with Gasteiger partial charge in [-0.3, -0.25) is 14.9 Å². The molecule has 1 heterocycles. The molecule has 0 bridgehead atoms. The number of benzene rings is 3. The van der Waals surface area contributed by atoms with E-state index in [1.807, 2.05) is 0 Å². The molecule has 4 rings (SSSR count). The fraction of sp³-hybridized carbons (Fsp3) is 0. The second kappa shape index (κ2) is 8.41. The van der Waals surface area contributed by atoms with Crippen molar-refractivity contribution < 1.29 is 18.8 Å². The third-order valence-electron chi connectivity index (χ3n) is 4.26. The van der Waals surface area contributed by atoms with E-state index >= 15 is 0 Å². The van der Waals surface area contributed by atoms with Crippen molar-refractivity contribution in [3.63, 3.8) is 0 Å². The molecule has 9 nitrogen and oxygen atoms in total. The summed E-state index contributed by atoms with van der Waals surface area (Å²) in [5.41, 5.74) is 0.257. The Morgan fingerprint density at radius 3 is 2.68 bits per heavy atom. The van der Waals surface area contributed by atoms with Crippen LogP contribution in [0.15, 0.2) is 79.4 Å². The lowest BCUT2D eigenvalue weighted by molar-refractivity contribution is -0.384. The Bertz CT molecular complexity index is 1260. The number of hydrogen-bond acceptors (Lipinski definition) is 6. The third-order valence-corrected chi connectivity index (χ3v) is 4.26. The number of nitrogens with zero attached hydrogens (tertiary/aromatic N) is 4. The van der Waals surface area contributed by atoms with Crippen molar-refractivity contribution in [3.8, 4) is 17.2 Å². The lowest BCUT2D eigenvalue weighted by Crippen LogP contribution is -2.13. The highest BCUT2D eigenvalue weighted by molar-refractivity contribution is 6.05. The monoisotopic (exact) mass is 419 g/mol. The van der Waals surface area contributed by atoms with Crippen LogP contribution in [-0.2, 0) is 0 Å². The largest absolute Gasteiger partial charge is 0.455 e. The second-order valence-electron chi connectivity index (χ2n) is 6.31. The Kier molecular flexibility index (Phi) is 5.35. The summed E-state index contributed by atoms with van der Waals surface area (Å²) in [6.45, 7) is 0. The zero-order valence-electron chi connectivity index (χ0n) is 15.8. The predicted molar refractivity (Wildman–Crippen MR) is 109 cm³/mol. The number of aromatic nitrogens is 3. The first kappa shape index (κ1) is 19.7. The number of amides is 1. The molecule has 0 aliphatic rings. The van der Waals surface area contributed by atoms with Gasteiger partial charge in [-0.15, -0.1) is 0 Å². The van der Waals surface area contributed by atoms with Crippen LogP contribution in [0.2, 0.25) is 0 Å². The number of rotatable bonds is 6. The second-order valence-corrected chi connectivity index (χ2v) is 6.31. The van der Waals surface area contributed by atoms with E-state index in [9.17, 15) is 19.3 Å². The van der Waals surface area contributed by atoms with Gasteiger partial charge in [-0.2, -0.15) is 5.10 Å². The summed E-state index contributed by atoms with van der Waals surface area (Å²) in [4.78, 5) is 27.4. The summed E-state index contributed by atoms with van der Waals surface area (Å²) >= 11 is 0. The Morgan fingerprint density at radius 2 is 1.94 bits per heavy atom. The molecule has 154 valence electrons. The van der Waals surface area contributed by atoms with Crippen LogP contribution in [0, 0.1) is 15.9 Å². The molecule has 10 heteroatoms. The van der Waals surface area contributed by atoms with Gasteiger partial charge in [-0.25, -0.2) is 14.1 Å². The summed E-state index contributed by atoms with van der Waals surface area (Å²) in [6, 6.07) is 16.2. The molecule has 0 unspecified atom stereocenters. The van der Waals surface area contributed by atoms with Crippen LogP contribution in [0.3, 0.4) is 0 Å². The molecule has 0 aliphatic carbocycles. The first-order valence-electron chi connectivity index (χ1n) is 8.98. The number of nitro benzene ring substituents is 1. The van der Waals surface area contributed by atoms with Gasteiger partial charge in [0.1, 0.15) is 29.9 Å². The molecular weight excluding hydrogens is 405 g/mol. The predicted octanol–water partition coefficient (Wildman–Crippen LogP) is 4.36. The van der Waals surface area contributed by atoms with Gasteiger partial charge >= 0.3 is 0 Å². The fourth-order valence-electron chi connectivity index (χ4n) is 2.85. The number of nitro groups is 1. The van der Waals surface area contributed by atoms with Crippen molar-refractivity contribution in [3.05, 3.63) is 101 Å². The smallest absolute Gasteiger partial charge is 0.295 e. The number of halogens is 1. The highest BCUT2D eigenvalue weighted by Crippen LogP contribution is 2.30. The normalized spacial score (nSPS) is 10.5. The average molecular weight is 419 g/mol. The molecule has 1 amide bonds. The lowest BCUT2D eigenvalue weighted by atomic mass is 10.1. The molecule has 0 radical (unpaired) electrons. The number of nitrogens with one attached hydrogen (secondary N) is 1. The molecule has 0 fully saturated rings. The van der Waals surface area contributed by atoms with Gasteiger partial charge in [0.25, 0.3) is 11.6 Å². The number of anilines is 1. The van der Waals surface area contributed by atoms with Crippen molar-refractivity contribution in [1.29, 1.82) is 0 Å². The maximum absolute atomic E-state index is 13.4. The quantitative estimate of drug-likeness (QED) is 0.367. The minimum atomic E-state index is -0.602. The molecule has 0 spiro atoms. The summed E-state index contributed by atoms with van der Waals surface area (Å²) in [6.07, 6.45) is 2.57. The van der Waals surface area contributed by atoms with Gasteiger partial charge in [0.2, 0.25) is 0 Å². The topological polar surface area (TPSA) is 112 Å². The van der Waals surface area contributed by atoms with Crippen molar-refractivity contribution >= 4 is 17.3 Å². The van der Waals surface area contributed by atoms with E-state index in [4.69, 9.17) is 4.74 Å². The van der Waals surface area contributed by atoms with Crippen molar-refractivity contribution in [2.75, 3.05) is 5.32 Å². The maximum atomic E-state index is 13.4. The Balaban J connectivity index is 1.60. The zero-order chi connectivity index (χ0) is 21.8. The minimum absolute atomic E-state index is 0.0659. The highest BCUT2D eigenvalue weighted by atomic mass is 19.1. The molecule has 1 aromatic heterocycles. The van der Waals surface area contributed by atoms with Gasteiger partial charge in [-0.1, -0.05) is 18.2 Å². The average Bonchev–Trinajstić information content (AvgIpc) is 3.29. The molecule has 31 heavy (non-hydrogen) atoms. The van der Waals surface area contributed by atoms with Gasteiger partial charge in [-0.05, 0) is 36.4 Å². The number of hydrogen-bond donors (Lipinski definition) is 1. The molecule has 0 saturated carbocycles. The fourth-order valence-corrected chi connectivity index (χ4v) is 2.85. The minimum Gasteiger partial charge on any atom is -0.455 e. The summed E-state index contributed by atoms with van der Waals surface area (Å²) in [7, 11) is 0. The van der Waals surface area contributed by atoms with E-state index in [2.05, 4.69) is 15.4 Å². The summed E-state index contributed by atoms with van der Waals surface area (Å²) in [5, 5.41) is 18.1. The van der Waals surface area contributed by atoms with E-state index in [0.29, 0.717) is 5.69 Å². The molecule has 3 aromatic carbocycles. The van der Waals surface area contributed by atoms with Gasteiger partial charge in [0.15, 0.2) is 5.75 Å². The van der Waals surface area contributed by atoms with Gasteiger partial charge in [0.05, 0.1) is 10.6 Å². The van der Waals surface area contributed by atoms with E-state index in [-0.39, 0.29) is 28.4 Å². The summed E-state index contributed by atoms with van der Waals surface area (Å²) < 4.78 is 20.3. The molecule has 0 atom stereocenters. The van der Waals surface area contributed by atoms with Crippen molar-refractivity contribution in [1.82, 2.24) is 14.8 Å². The number of para-hydroxylation sites is 2. The van der Waals surface area contributed by atoms with Crippen molar-refractivity contribution in [2.24, 2.45) is 0 Å². The van der Waals surface area contributed by atoms with E-state index in [0.717, 1.165) is 6.07 Å². The van der Waals surface area contributed by atoms with Crippen LogP contribution in [0.25, 0.3) is 5.69 Å². The zero-order valence-corrected chi connectivity index (χ0v) is 15.8. The van der Waals surface area contributed by atoms with Crippen LogP contribution in [-0.4, -0.2) is 25.6 Å². The highest BCUT2D eigenvalue weighted by Gasteiger charge is 2.20. The van der Waals surface area contributed by atoms with E-state index in [1.165, 1.54) is 47.7 Å². The Hall–Kier alpha value is -4.60.